The van der Waals surface area contributed by atoms with Crippen molar-refractivity contribution >= 4 is 21.6 Å². The second kappa shape index (κ2) is 4.76. The molecule has 1 N–H and O–H groups in total. The lowest BCUT2D eigenvalue weighted by Crippen LogP contribution is -2.34. The Balaban J connectivity index is 2.28. The molecule has 16 heavy (non-hydrogen) atoms. The molecular weight excluding hydrogens is 266 g/mol. The minimum Gasteiger partial charge on any atom is -0.393 e. The number of rotatable bonds is 3. The molecule has 1 aromatic rings. The van der Waals surface area contributed by atoms with Gasteiger partial charge in [-0.25, -0.2) is 0 Å². The van der Waals surface area contributed by atoms with Gasteiger partial charge in [-0.3, -0.25) is 0 Å². The summed E-state index contributed by atoms with van der Waals surface area (Å²) in [5.41, 5.74) is 2.71. The van der Waals surface area contributed by atoms with Crippen LogP contribution in [0.1, 0.15) is 25.8 Å². The lowest BCUT2D eigenvalue weighted by atomic mass is 10.1. The third-order valence-corrected chi connectivity index (χ3v) is 3.98. The molecule has 88 valence electrons. The van der Waals surface area contributed by atoms with Crippen LogP contribution in [0.4, 0.5) is 5.69 Å². The van der Waals surface area contributed by atoms with Crippen molar-refractivity contribution in [2.24, 2.45) is 0 Å². The van der Waals surface area contributed by atoms with Crippen molar-refractivity contribution in [1.82, 2.24) is 0 Å². The average Bonchev–Trinajstić information content (AvgIpc) is 2.56. The molecule has 0 fully saturated rings. The van der Waals surface area contributed by atoms with Crippen LogP contribution < -0.4 is 4.90 Å². The summed E-state index contributed by atoms with van der Waals surface area (Å²) in [6.07, 6.45) is 1.65. The van der Waals surface area contributed by atoms with Gasteiger partial charge >= 0.3 is 0 Å². The molecule has 0 bridgehead atoms. The minimum absolute atomic E-state index is 0.230. The number of hydrogen-bond acceptors (Lipinski definition) is 2. The zero-order chi connectivity index (χ0) is 11.7. The van der Waals surface area contributed by atoms with Gasteiger partial charge in [0.05, 0.1) is 6.10 Å². The summed E-state index contributed by atoms with van der Waals surface area (Å²) in [6.45, 7) is 5.04. The summed E-state index contributed by atoms with van der Waals surface area (Å²) in [5.74, 6) is 0. The van der Waals surface area contributed by atoms with E-state index in [1.54, 1.807) is 0 Å². The van der Waals surface area contributed by atoms with Crippen molar-refractivity contribution in [3.05, 3.63) is 28.2 Å². The molecule has 0 spiro atoms. The zero-order valence-electron chi connectivity index (χ0n) is 9.78. The lowest BCUT2D eigenvalue weighted by molar-refractivity contribution is 0.174. The van der Waals surface area contributed by atoms with E-state index in [4.69, 9.17) is 0 Å². The summed E-state index contributed by atoms with van der Waals surface area (Å²) >= 11 is 3.61. The van der Waals surface area contributed by atoms with Crippen LogP contribution in [0.3, 0.4) is 0 Å². The van der Waals surface area contributed by atoms with E-state index in [1.807, 2.05) is 6.92 Å². The molecule has 2 unspecified atom stereocenters. The summed E-state index contributed by atoms with van der Waals surface area (Å²) in [6, 6.07) is 6.79. The van der Waals surface area contributed by atoms with Gasteiger partial charge in [-0.15, -0.1) is 0 Å². The van der Waals surface area contributed by atoms with Crippen LogP contribution in [-0.4, -0.2) is 23.8 Å². The fourth-order valence-corrected chi connectivity index (χ4v) is 3.11. The van der Waals surface area contributed by atoms with Gasteiger partial charge in [0, 0.05) is 22.7 Å². The molecule has 2 nitrogen and oxygen atoms in total. The van der Waals surface area contributed by atoms with Gasteiger partial charge in [0.1, 0.15) is 0 Å². The van der Waals surface area contributed by atoms with E-state index < -0.39 is 0 Å². The Kier molecular flexibility index (Phi) is 3.55. The molecule has 1 aliphatic heterocycles. The number of anilines is 1. The Hall–Kier alpha value is -0.540. The molecule has 2 atom stereocenters. The van der Waals surface area contributed by atoms with E-state index in [0.717, 1.165) is 19.4 Å². The highest BCUT2D eigenvalue weighted by Gasteiger charge is 2.29. The SMILES string of the molecule is CCN1c2cccc(Br)c2CC1CC(C)O. The highest BCUT2D eigenvalue weighted by atomic mass is 79.9. The number of aliphatic hydroxyl groups excluding tert-OH is 1. The molecule has 0 saturated carbocycles. The second-order valence-electron chi connectivity index (χ2n) is 4.47. The smallest absolute Gasteiger partial charge is 0.0531 e. The molecule has 0 aliphatic carbocycles. The van der Waals surface area contributed by atoms with Crippen LogP contribution in [-0.2, 0) is 6.42 Å². The number of hydrogen-bond donors (Lipinski definition) is 1. The van der Waals surface area contributed by atoms with Crippen molar-refractivity contribution in [2.45, 2.75) is 38.8 Å². The first-order valence-electron chi connectivity index (χ1n) is 5.85. The molecule has 1 heterocycles. The van der Waals surface area contributed by atoms with Gasteiger partial charge in [-0.2, -0.15) is 0 Å². The Morgan fingerprint density at radius 3 is 2.94 bits per heavy atom. The van der Waals surface area contributed by atoms with Crippen LogP contribution in [0.15, 0.2) is 22.7 Å². The average molecular weight is 284 g/mol. The molecule has 3 heteroatoms. The van der Waals surface area contributed by atoms with Crippen molar-refractivity contribution in [3.63, 3.8) is 0 Å². The molecule has 0 radical (unpaired) electrons. The standard InChI is InChI=1S/C13H18BrNO/c1-3-15-10(7-9(2)16)8-11-12(14)5-4-6-13(11)15/h4-6,9-10,16H,3,7-8H2,1-2H3. The topological polar surface area (TPSA) is 23.5 Å². The van der Waals surface area contributed by atoms with Crippen molar-refractivity contribution in [3.8, 4) is 0 Å². The van der Waals surface area contributed by atoms with Crippen LogP contribution in [0.2, 0.25) is 0 Å². The third-order valence-electron chi connectivity index (χ3n) is 3.24. The fraction of sp³-hybridized carbons (Fsp3) is 0.538. The normalized spacial score (nSPS) is 21.0. The number of aliphatic hydroxyl groups is 1. The molecule has 2 rings (SSSR count). The Morgan fingerprint density at radius 2 is 2.31 bits per heavy atom. The first kappa shape index (κ1) is 11.9. The first-order valence-corrected chi connectivity index (χ1v) is 6.64. The van der Waals surface area contributed by atoms with Gasteiger partial charge < -0.3 is 10.0 Å². The lowest BCUT2D eigenvalue weighted by Gasteiger charge is -2.27. The molecule has 0 amide bonds. The van der Waals surface area contributed by atoms with Gasteiger partial charge in [0.25, 0.3) is 0 Å². The quantitative estimate of drug-likeness (QED) is 0.922. The Bertz CT molecular complexity index is 378. The summed E-state index contributed by atoms with van der Waals surface area (Å²) in [4.78, 5) is 2.40. The van der Waals surface area contributed by atoms with E-state index in [1.165, 1.54) is 15.7 Å². The second-order valence-corrected chi connectivity index (χ2v) is 5.32. The molecular formula is C13H18BrNO. The van der Waals surface area contributed by atoms with Gasteiger partial charge in [0.2, 0.25) is 0 Å². The van der Waals surface area contributed by atoms with Gasteiger partial charge in [0.15, 0.2) is 0 Å². The molecule has 0 saturated heterocycles. The first-order chi connectivity index (χ1) is 7.63. The molecule has 1 aromatic carbocycles. The minimum atomic E-state index is -0.230. The maximum atomic E-state index is 9.54. The number of likely N-dealkylation sites (N-methyl/N-ethyl adjacent to an activating group) is 1. The largest absolute Gasteiger partial charge is 0.393 e. The van der Waals surface area contributed by atoms with E-state index in [0.29, 0.717) is 6.04 Å². The predicted molar refractivity (Wildman–Crippen MR) is 71.0 cm³/mol. The monoisotopic (exact) mass is 283 g/mol. The highest BCUT2D eigenvalue weighted by molar-refractivity contribution is 9.10. The number of halogens is 1. The summed E-state index contributed by atoms with van der Waals surface area (Å²) in [7, 11) is 0. The fourth-order valence-electron chi connectivity index (χ4n) is 2.59. The highest BCUT2D eigenvalue weighted by Crippen LogP contribution is 2.37. The molecule has 0 aromatic heterocycles. The number of nitrogens with zero attached hydrogens (tertiary/aromatic N) is 1. The summed E-state index contributed by atoms with van der Waals surface area (Å²) in [5, 5.41) is 9.54. The summed E-state index contributed by atoms with van der Waals surface area (Å²) < 4.78 is 1.19. The van der Waals surface area contributed by atoms with Crippen molar-refractivity contribution in [2.75, 3.05) is 11.4 Å². The van der Waals surface area contributed by atoms with E-state index >= 15 is 0 Å². The predicted octanol–water partition coefficient (Wildman–Crippen LogP) is 2.97. The number of fused-ring (bicyclic) bond motifs is 1. The van der Waals surface area contributed by atoms with Crippen LogP contribution >= 0.6 is 15.9 Å². The molecule has 1 aliphatic rings. The van der Waals surface area contributed by atoms with Gasteiger partial charge in [-0.05, 0) is 44.4 Å². The maximum absolute atomic E-state index is 9.54. The zero-order valence-corrected chi connectivity index (χ0v) is 11.4. The van der Waals surface area contributed by atoms with Crippen molar-refractivity contribution in [1.29, 1.82) is 0 Å². The van der Waals surface area contributed by atoms with Crippen LogP contribution in [0, 0.1) is 0 Å². The van der Waals surface area contributed by atoms with E-state index in [9.17, 15) is 5.11 Å². The van der Waals surface area contributed by atoms with Crippen LogP contribution in [0.5, 0.6) is 0 Å². The Morgan fingerprint density at radius 1 is 1.56 bits per heavy atom. The van der Waals surface area contributed by atoms with Crippen molar-refractivity contribution < 1.29 is 5.11 Å². The maximum Gasteiger partial charge on any atom is 0.0531 e. The number of benzene rings is 1. The third kappa shape index (κ3) is 2.11. The van der Waals surface area contributed by atoms with Gasteiger partial charge in [-0.1, -0.05) is 22.0 Å². The Labute approximate surface area is 105 Å². The van der Waals surface area contributed by atoms with E-state index in [2.05, 4.69) is 46.0 Å². The van der Waals surface area contributed by atoms with E-state index in [-0.39, 0.29) is 6.10 Å². The van der Waals surface area contributed by atoms with Crippen LogP contribution in [0.25, 0.3) is 0 Å².